The maximum atomic E-state index is 10.6. The summed E-state index contributed by atoms with van der Waals surface area (Å²) >= 11 is 5.71. The normalized spacial score (nSPS) is 12.9. The summed E-state index contributed by atoms with van der Waals surface area (Å²) < 4.78 is 0. The zero-order valence-electron chi connectivity index (χ0n) is 7.33. The predicted octanol–water partition coefficient (Wildman–Crippen LogP) is 0.104. The van der Waals surface area contributed by atoms with Gasteiger partial charge in [-0.25, -0.2) is 4.98 Å². The van der Waals surface area contributed by atoms with Gasteiger partial charge in [0.25, 0.3) is 0 Å². The van der Waals surface area contributed by atoms with Crippen LogP contribution in [0, 0.1) is 12.1 Å². The van der Waals surface area contributed by atoms with Crippen LogP contribution in [0.1, 0.15) is 17.3 Å². The van der Waals surface area contributed by atoms with E-state index in [-0.39, 0.29) is 12.6 Å². The minimum atomic E-state index is -0.348. The smallest absolute Gasteiger partial charge is 0.141 e. The van der Waals surface area contributed by atoms with Gasteiger partial charge in [-0.3, -0.25) is 0 Å². The predicted molar refractivity (Wildman–Crippen MR) is 51.1 cm³/mol. The highest BCUT2D eigenvalue weighted by Crippen LogP contribution is 2.14. The molecule has 1 atom stereocenters. The minimum absolute atomic E-state index is 0.262. The second-order valence-corrected chi connectivity index (χ2v) is 3.20. The molecule has 1 heterocycles. The molecule has 0 bridgehead atoms. The number of nitrogens with two attached hydrogens (primary N) is 2. The van der Waals surface area contributed by atoms with Gasteiger partial charge >= 0.3 is 0 Å². The Morgan fingerprint density at radius 1 is 1.69 bits per heavy atom. The van der Waals surface area contributed by atoms with Crippen molar-refractivity contribution in [2.24, 2.45) is 5.73 Å². The monoisotopic (exact) mass is 201 g/mol. The van der Waals surface area contributed by atoms with Crippen LogP contribution >= 0.6 is 11.6 Å². The Morgan fingerprint density at radius 2 is 2.38 bits per heavy atom. The zero-order valence-corrected chi connectivity index (χ0v) is 8.08. The van der Waals surface area contributed by atoms with Gasteiger partial charge in [0, 0.05) is 0 Å². The zero-order chi connectivity index (χ0) is 9.84. The number of hydroxylamine groups is 1. The van der Waals surface area contributed by atoms with E-state index in [1.165, 1.54) is 0 Å². The fourth-order valence-electron chi connectivity index (χ4n) is 1.13. The number of hydrogen-bond donors (Lipinski definition) is 2. The van der Waals surface area contributed by atoms with Crippen LogP contribution in [0.3, 0.4) is 0 Å². The Kier molecular flexibility index (Phi) is 3.62. The highest BCUT2D eigenvalue weighted by atomic mass is 35.5. The molecule has 0 aliphatic heterocycles. The number of hydrogen-bond acceptors (Lipinski definition) is 3. The average molecular weight is 202 g/mol. The third kappa shape index (κ3) is 2.38. The Labute approximate surface area is 81.7 Å². The second kappa shape index (κ2) is 4.53. The summed E-state index contributed by atoms with van der Waals surface area (Å²) in [5, 5.41) is 11.0. The molecule has 0 amide bonds. The van der Waals surface area contributed by atoms with Crippen LogP contribution in [0.4, 0.5) is 0 Å². The molecule has 0 fully saturated rings. The van der Waals surface area contributed by atoms with E-state index >= 15 is 0 Å². The van der Waals surface area contributed by atoms with Crippen LogP contribution in [0.2, 0.25) is 5.15 Å². The summed E-state index contributed by atoms with van der Waals surface area (Å²) in [6.45, 7) is 2.14. The molecule has 5 heteroatoms. The summed E-state index contributed by atoms with van der Waals surface area (Å²) in [6.07, 6.45) is 0. The molecule has 1 aromatic rings. The summed E-state index contributed by atoms with van der Waals surface area (Å²) in [7, 11) is 0. The summed E-state index contributed by atoms with van der Waals surface area (Å²) in [5.74, 6) is 0. The van der Waals surface area contributed by atoms with E-state index in [4.69, 9.17) is 17.3 Å². The van der Waals surface area contributed by atoms with Crippen LogP contribution in [0.15, 0.2) is 12.1 Å². The summed E-state index contributed by atoms with van der Waals surface area (Å²) in [5.41, 5.74) is 7.83. The van der Waals surface area contributed by atoms with Gasteiger partial charge in [-0.2, -0.15) is 0 Å². The SMILES string of the molecule is Cc1ccc(Cl)nc1C(CN)[NH2+][O-]. The van der Waals surface area contributed by atoms with Crippen LogP contribution in [-0.2, 0) is 0 Å². The molecule has 1 aromatic heterocycles. The molecule has 0 aliphatic carbocycles. The van der Waals surface area contributed by atoms with Gasteiger partial charge < -0.3 is 16.4 Å². The maximum Gasteiger partial charge on any atom is 0.141 e. The van der Waals surface area contributed by atoms with E-state index in [0.717, 1.165) is 11.0 Å². The molecule has 72 valence electrons. The molecule has 0 spiro atoms. The van der Waals surface area contributed by atoms with Crippen molar-refractivity contribution in [2.75, 3.05) is 6.54 Å². The minimum Gasteiger partial charge on any atom is -0.635 e. The van der Waals surface area contributed by atoms with Gasteiger partial charge in [0.2, 0.25) is 0 Å². The highest BCUT2D eigenvalue weighted by molar-refractivity contribution is 6.29. The van der Waals surface area contributed by atoms with Crippen molar-refractivity contribution >= 4 is 11.6 Å². The van der Waals surface area contributed by atoms with Crippen molar-refractivity contribution in [1.82, 2.24) is 4.98 Å². The fraction of sp³-hybridized carbons (Fsp3) is 0.375. The molecule has 0 saturated heterocycles. The second-order valence-electron chi connectivity index (χ2n) is 2.81. The Hall–Kier alpha value is -0.680. The topological polar surface area (TPSA) is 78.6 Å². The van der Waals surface area contributed by atoms with E-state index in [1.54, 1.807) is 6.07 Å². The maximum absolute atomic E-state index is 10.6. The lowest BCUT2D eigenvalue weighted by Crippen LogP contribution is -2.80. The largest absolute Gasteiger partial charge is 0.635 e. The Bertz CT molecular complexity index is 289. The molecule has 0 aliphatic rings. The van der Waals surface area contributed by atoms with Crippen molar-refractivity contribution in [3.8, 4) is 0 Å². The van der Waals surface area contributed by atoms with Gasteiger partial charge in [-0.15, -0.1) is 0 Å². The van der Waals surface area contributed by atoms with Crippen molar-refractivity contribution in [1.29, 1.82) is 0 Å². The van der Waals surface area contributed by atoms with Gasteiger partial charge in [-0.05, 0) is 18.6 Å². The molecular weight excluding hydrogens is 190 g/mol. The molecule has 13 heavy (non-hydrogen) atoms. The van der Waals surface area contributed by atoms with Gasteiger partial charge in [-0.1, -0.05) is 17.7 Å². The van der Waals surface area contributed by atoms with Crippen LogP contribution in [0.25, 0.3) is 0 Å². The van der Waals surface area contributed by atoms with E-state index in [2.05, 4.69) is 4.98 Å². The number of pyridine rings is 1. The first-order valence-electron chi connectivity index (χ1n) is 3.97. The van der Waals surface area contributed by atoms with Gasteiger partial charge in [0.15, 0.2) is 0 Å². The first kappa shape index (κ1) is 10.4. The van der Waals surface area contributed by atoms with Crippen LogP contribution in [0.5, 0.6) is 0 Å². The quantitative estimate of drug-likeness (QED) is 0.538. The number of quaternary nitrogens is 1. The van der Waals surface area contributed by atoms with E-state index < -0.39 is 0 Å². The lowest BCUT2D eigenvalue weighted by atomic mass is 10.1. The fourth-order valence-corrected chi connectivity index (χ4v) is 1.28. The molecule has 4 nitrogen and oxygen atoms in total. The lowest BCUT2D eigenvalue weighted by molar-refractivity contribution is -0.632. The molecule has 1 unspecified atom stereocenters. The first-order valence-corrected chi connectivity index (χ1v) is 4.35. The number of aryl methyl sites for hydroxylation is 1. The molecule has 0 radical (unpaired) electrons. The molecule has 0 saturated carbocycles. The van der Waals surface area contributed by atoms with E-state index in [0.29, 0.717) is 10.8 Å². The highest BCUT2D eigenvalue weighted by Gasteiger charge is 2.13. The van der Waals surface area contributed by atoms with E-state index in [1.807, 2.05) is 13.0 Å². The van der Waals surface area contributed by atoms with Gasteiger partial charge in [0.1, 0.15) is 16.9 Å². The number of nitrogens with zero attached hydrogens (tertiary/aromatic N) is 1. The molecule has 0 aromatic carbocycles. The van der Waals surface area contributed by atoms with Crippen LogP contribution in [-0.4, -0.2) is 11.5 Å². The lowest BCUT2D eigenvalue weighted by Gasteiger charge is -2.16. The van der Waals surface area contributed by atoms with E-state index in [9.17, 15) is 5.21 Å². The molecular formula is C8H12ClN3O. The standard InChI is InChI=1S/C8H12ClN3O/c1-5-2-3-7(9)11-8(5)6(4-10)12-13/h2-3,6H,4,10,12H2,1H3. The average Bonchev–Trinajstić information content (AvgIpc) is 2.13. The summed E-state index contributed by atoms with van der Waals surface area (Å²) in [6, 6.07) is 3.17. The molecule has 4 N–H and O–H groups in total. The Balaban J connectivity index is 3.03. The number of halogens is 1. The third-order valence-electron chi connectivity index (χ3n) is 1.87. The summed E-state index contributed by atoms with van der Waals surface area (Å²) in [4.78, 5) is 4.07. The van der Waals surface area contributed by atoms with Crippen LogP contribution < -0.4 is 11.2 Å². The van der Waals surface area contributed by atoms with Crippen molar-refractivity contribution in [3.63, 3.8) is 0 Å². The molecule has 1 rings (SSSR count). The van der Waals surface area contributed by atoms with Crippen molar-refractivity contribution < 1.29 is 5.48 Å². The Morgan fingerprint density at radius 3 is 2.92 bits per heavy atom. The number of aromatic nitrogens is 1. The van der Waals surface area contributed by atoms with Crippen molar-refractivity contribution in [2.45, 2.75) is 13.0 Å². The first-order chi connectivity index (χ1) is 6.19. The number of rotatable bonds is 3. The van der Waals surface area contributed by atoms with Crippen molar-refractivity contribution in [3.05, 3.63) is 33.8 Å². The third-order valence-corrected chi connectivity index (χ3v) is 2.08. The van der Waals surface area contributed by atoms with Gasteiger partial charge in [0.05, 0.1) is 6.54 Å².